The zero-order chi connectivity index (χ0) is 28.6. The van der Waals surface area contributed by atoms with Crippen LogP contribution in [0.25, 0.3) is 10.9 Å². The van der Waals surface area contributed by atoms with Gasteiger partial charge in [-0.05, 0) is 37.0 Å². The number of carbonyl (C=O) groups excluding carboxylic acids is 2. The number of piperidine rings is 1. The van der Waals surface area contributed by atoms with Crippen molar-refractivity contribution in [2.45, 2.75) is 45.2 Å². The molecule has 2 saturated heterocycles. The molecular formula is C32H44N6O3. The molecule has 1 aromatic heterocycles. The number of amides is 2. The molecule has 0 radical (unpaired) electrons. The normalized spacial score (nSPS) is 17.8. The number of piperazine rings is 1. The van der Waals surface area contributed by atoms with Crippen molar-refractivity contribution in [3.63, 3.8) is 0 Å². The van der Waals surface area contributed by atoms with Crippen molar-refractivity contribution in [1.29, 1.82) is 0 Å². The number of hydrazine groups is 1. The summed E-state index contributed by atoms with van der Waals surface area (Å²) in [6, 6.07) is 15.7. The summed E-state index contributed by atoms with van der Waals surface area (Å²) in [4.78, 5) is 33.6. The van der Waals surface area contributed by atoms with E-state index in [2.05, 4.69) is 37.4 Å². The van der Waals surface area contributed by atoms with Crippen LogP contribution in [0.15, 0.2) is 54.7 Å². The summed E-state index contributed by atoms with van der Waals surface area (Å²) in [5, 5.41) is 9.40. The number of nitrogens with one attached hydrogen (secondary N) is 2. The number of para-hydroxylation sites is 2. The molecule has 9 nitrogen and oxygen atoms in total. The van der Waals surface area contributed by atoms with Gasteiger partial charge >= 0.3 is 0 Å². The Hall–Kier alpha value is -3.40. The van der Waals surface area contributed by atoms with Crippen LogP contribution in [0.3, 0.4) is 0 Å². The van der Waals surface area contributed by atoms with Crippen LogP contribution in [0.4, 0.5) is 0 Å². The van der Waals surface area contributed by atoms with E-state index >= 15 is 0 Å². The minimum Gasteiger partial charge on any atom is -0.496 e. The SMILES string of the molecule is COc1ccccc1CN(C[C@@H](Cc1c[nH]c2ccccc12)NC(=O)CN1CCN(N2CCCCC2)CC1)C(C)=O. The van der Waals surface area contributed by atoms with Crippen LogP contribution in [0.1, 0.15) is 37.3 Å². The van der Waals surface area contributed by atoms with Crippen LogP contribution in [-0.2, 0) is 22.6 Å². The first-order valence-electron chi connectivity index (χ1n) is 14.9. The number of fused-ring (bicyclic) bond motifs is 1. The third kappa shape index (κ3) is 7.67. The number of hydrogen-bond donors (Lipinski definition) is 2. The average Bonchev–Trinajstić information content (AvgIpc) is 3.40. The van der Waals surface area contributed by atoms with Crippen molar-refractivity contribution in [1.82, 2.24) is 30.1 Å². The van der Waals surface area contributed by atoms with E-state index in [-0.39, 0.29) is 17.9 Å². The molecule has 2 amide bonds. The van der Waals surface area contributed by atoms with Crippen molar-refractivity contribution >= 4 is 22.7 Å². The minimum absolute atomic E-state index is 0.00191. The standard InChI is InChI=1S/C32H44N6O3/c1-25(39)36(22-26-10-4-7-13-31(26)41-2)23-28(20-27-21-33-30-12-6-5-11-29(27)30)34-32(40)24-35-16-18-38(19-17-35)37-14-8-3-9-15-37/h4-7,10-13,21,28,33H,3,8-9,14-20,22-24H2,1-2H3,(H,34,40)/t28-/m1/s1. The van der Waals surface area contributed by atoms with Gasteiger partial charge in [-0.3, -0.25) is 14.5 Å². The molecule has 2 aliphatic heterocycles. The Kier molecular flexibility index (Phi) is 9.92. The lowest BCUT2D eigenvalue weighted by molar-refractivity contribution is -0.131. The highest BCUT2D eigenvalue weighted by molar-refractivity contribution is 5.83. The molecule has 2 N–H and O–H groups in total. The van der Waals surface area contributed by atoms with Gasteiger partial charge in [0.2, 0.25) is 11.8 Å². The Labute approximate surface area is 243 Å². The summed E-state index contributed by atoms with van der Waals surface area (Å²) in [6.45, 7) is 8.75. The Balaban J connectivity index is 1.25. The predicted octanol–water partition coefficient (Wildman–Crippen LogP) is 3.27. The third-order valence-electron chi connectivity index (χ3n) is 8.39. The maximum Gasteiger partial charge on any atom is 0.234 e. The lowest BCUT2D eigenvalue weighted by Gasteiger charge is -2.42. The van der Waals surface area contributed by atoms with Crippen molar-refractivity contribution in [3.05, 3.63) is 65.9 Å². The molecule has 2 fully saturated rings. The van der Waals surface area contributed by atoms with Crippen molar-refractivity contribution in [2.75, 3.05) is 59.5 Å². The number of hydrogen-bond acceptors (Lipinski definition) is 6. The van der Waals surface area contributed by atoms with Crippen LogP contribution in [0, 0.1) is 0 Å². The zero-order valence-electron chi connectivity index (χ0n) is 24.5. The van der Waals surface area contributed by atoms with E-state index in [0.29, 0.717) is 26.1 Å². The molecule has 0 saturated carbocycles. The summed E-state index contributed by atoms with van der Waals surface area (Å²) >= 11 is 0. The molecule has 0 unspecified atom stereocenters. The van der Waals surface area contributed by atoms with E-state index in [9.17, 15) is 9.59 Å². The first-order chi connectivity index (χ1) is 20.0. The lowest BCUT2D eigenvalue weighted by Crippen LogP contribution is -2.56. The second kappa shape index (κ2) is 14.0. The Morgan fingerprint density at radius 1 is 0.927 bits per heavy atom. The van der Waals surface area contributed by atoms with Gasteiger partial charge < -0.3 is 19.9 Å². The minimum atomic E-state index is -0.241. The van der Waals surface area contributed by atoms with Gasteiger partial charge in [0.25, 0.3) is 0 Å². The summed E-state index contributed by atoms with van der Waals surface area (Å²) in [5.41, 5.74) is 3.13. The van der Waals surface area contributed by atoms with E-state index in [4.69, 9.17) is 4.74 Å². The van der Waals surface area contributed by atoms with E-state index in [1.165, 1.54) is 19.3 Å². The van der Waals surface area contributed by atoms with Crippen molar-refractivity contribution < 1.29 is 14.3 Å². The quantitative estimate of drug-likeness (QED) is 0.375. The number of rotatable bonds is 11. The smallest absolute Gasteiger partial charge is 0.234 e. The second-order valence-corrected chi connectivity index (χ2v) is 11.3. The molecule has 0 bridgehead atoms. The zero-order valence-corrected chi connectivity index (χ0v) is 24.5. The van der Waals surface area contributed by atoms with Gasteiger partial charge in [0.15, 0.2) is 0 Å². The average molecular weight is 561 g/mol. The molecule has 3 heterocycles. The van der Waals surface area contributed by atoms with Crippen LogP contribution in [0.5, 0.6) is 5.75 Å². The second-order valence-electron chi connectivity index (χ2n) is 11.3. The number of benzene rings is 2. The van der Waals surface area contributed by atoms with E-state index in [1.54, 1.807) is 18.9 Å². The molecule has 1 atom stereocenters. The summed E-state index contributed by atoms with van der Waals surface area (Å²) < 4.78 is 5.54. The molecule has 0 aliphatic carbocycles. The number of aromatic nitrogens is 1. The van der Waals surface area contributed by atoms with Gasteiger partial charge in [0, 0.05) is 81.9 Å². The number of nitrogens with zero attached hydrogens (tertiary/aromatic N) is 4. The molecule has 3 aromatic rings. The Morgan fingerprint density at radius 2 is 1.63 bits per heavy atom. The van der Waals surface area contributed by atoms with E-state index < -0.39 is 0 Å². The fourth-order valence-corrected chi connectivity index (χ4v) is 6.15. The van der Waals surface area contributed by atoms with Gasteiger partial charge in [0.1, 0.15) is 5.75 Å². The first kappa shape index (κ1) is 29.1. The van der Waals surface area contributed by atoms with Crippen LogP contribution in [-0.4, -0.2) is 102 Å². The van der Waals surface area contributed by atoms with E-state index in [0.717, 1.165) is 67.0 Å². The van der Waals surface area contributed by atoms with Crippen LogP contribution >= 0.6 is 0 Å². The fraction of sp³-hybridized carbons (Fsp3) is 0.500. The van der Waals surface area contributed by atoms with E-state index in [1.807, 2.05) is 42.6 Å². The largest absolute Gasteiger partial charge is 0.496 e. The number of H-pyrrole nitrogens is 1. The van der Waals surface area contributed by atoms with Crippen LogP contribution < -0.4 is 10.1 Å². The Bertz CT molecular complexity index is 1300. The molecule has 2 aromatic carbocycles. The number of methoxy groups -OCH3 is 1. The summed E-state index contributed by atoms with van der Waals surface area (Å²) in [7, 11) is 1.64. The maximum atomic E-state index is 13.4. The highest BCUT2D eigenvalue weighted by atomic mass is 16.5. The number of aromatic amines is 1. The highest BCUT2D eigenvalue weighted by Gasteiger charge is 2.26. The van der Waals surface area contributed by atoms with Crippen molar-refractivity contribution in [2.24, 2.45) is 0 Å². The maximum absolute atomic E-state index is 13.4. The highest BCUT2D eigenvalue weighted by Crippen LogP contribution is 2.22. The molecule has 9 heteroatoms. The number of carbonyl (C=O) groups is 2. The Morgan fingerprint density at radius 3 is 2.39 bits per heavy atom. The monoisotopic (exact) mass is 560 g/mol. The summed E-state index contributed by atoms with van der Waals surface area (Å²) in [5.74, 6) is 0.713. The molecule has 2 aliphatic rings. The molecule has 5 rings (SSSR count). The molecule has 220 valence electrons. The van der Waals surface area contributed by atoms with Gasteiger partial charge in [-0.2, -0.15) is 0 Å². The van der Waals surface area contributed by atoms with Gasteiger partial charge in [0.05, 0.1) is 19.7 Å². The molecule has 41 heavy (non-hydrogen) atoms. The molecule has 0 spiro atoms. The van der Waals surface area contributed by atoms with Gasteiger partial charge in [-0.15, -0.1) is 0 Å². The van der Waals surface area contributed by atoms with Crippen molar-refractivity contribution in [3.8, 4) is 5.75 Å². The third-order valence-corrected chi connectivity index (χ3v) is 8.39. The lowest BCUT2D eigenvalue weighted by atomic mass is 10.0. The topological polar surface area (TPSA) is 84.2 Å². The fourth-order valence-electron chi connectivity index (χ4n) is 6.15. The first-order valence-corrected chi connectivity index (χ1v) is 14.9. The van der Waals surface area contributed by atoms with Gasteiger partial charge in [-0.25, -0.2) is 10.0 Å². The number of ether oxygens (including phenoxy) is 1. The van der Waals surface area contributed by atoms with Gasteiger partial charge in [-0.1, -0.05) is 42.8 Å². The van der Waals surface area contributed by atoms with Crippen LogP contribution in [0.2, 0.25) is 0 Å². The molecular weight excluding hydrogens is 516 g/mol. The predicted molar refractivity (Wildman–Crippen MR) is 161 cm³/mol. The summed E-state index contributed by atoms with van der Waals surface area (Å²) in [6.07, 6.45) is 6.51.